The average Bonchev–Trinajstić information content (AvgIpc) is 2.74. The molecule has 3 aromatic rings. The van der Waals surface area contributed by atoms with Crippen LogP contribution in [0.15, 0.2) is 47.4 Å². The van der Waals surface area contributed by atoms with Crippen molar-refractivity contribution < 1.29 is 14.3 Å². The van der Waals surface area contributed by atoms with Gasteiger partial charge in [-0.2, -0.15) is 5.26 Å². The maximum atomic E-state index is 14.9. The van der Waals surface area contributed by atoms with E-state index in [1.165, 1.54) is 6.20 Å². The van der Waals surface area contributed by atoms with Crippen molar-refractivity contribution in [3.8, 4) is 11.8 Å². The van der Waals surface area contributed by atoms with Crippen LogP contribution in [0.4, 0.5) is 10.1 Å². The third-order valence-electron chi connectivity index (χ3n) is 5.03. The predicted molar refractivity (Wildman–Crippen MR) is 106 cm³/mol. The molecule has 7 nitrogen and oxygen atoms in total. The Morgan fingerprint density at radius 3 is 2.48 bits per heavy atom. The predicted octanol–water partition coefficient (Wildman–Crippen LogP) is 2.11. The molecule has 2 N–H and O–H groups in total. The summed E-state index contributed by atoms with van der Waals surface area (Å²) in [6, 6.07) is 11.2. The number of carbonyl (C=O) groups is 1. The number of carboxylic acids is 1. The summed E-state index contributed by atoms with van der Waals surface area (Å²) in [5.74, 6) is -1.95. The molecule has 2 heterocycles. The highest BCUT2D eigenvalue weighted by atomic mass is 19.1. The maximum absolute atomic E-state index is 14.9. The summed E-state index contributed by atoms with van der Waals surface area (Å²) in [7, 11) is 0. The summed E-state index contributed by atoms with van der Waals surface area (Å²) in [4.78, 5) is 26.1. The van der Waals surface area contributed by atoms with Gasteiger partial charge in [-0.05, 0) is 36.4 Å². The van der Waals surface area contributed by atoms with E-state index in [1.807, 2.05) is 11.0 Å². The summed E-state index contributed by atoms with van der Waals surface area (Å²) in [6.45, 7) is 2.68. The Morgan fingerprint density at radius 1 is 1.17 bits per heavy atom. The zero-order valence-electron chi connectivity index (χ0n) is 15.4. The van der Waals surface area contributed by atoms with E-state index in [0.717, 1.165) is 19.2 Å². The highest BCUT2D eigenvalue weighted by Gasteiger charge is 2.20. The quantitative estimate of drug-likeness (QED) is 0.708. The number of aromatic carboxylic acids is 1. The van der Waals surface area contributed by atoms with Crippen molar-refractivity contribution in [2.24, 2.45) is 0 Å². The number of pyridine rings is 1. The largest absolute Gasteiger partial charge is 0.477 e. The average molecular weight is 392 g/mol. The minimum absolute atomic E-state index is 0.00866. The summed E-state index contributed by atoms with van der Waals surface area (Å²) in [5.41, 5.74) is 0.599. The second-order valence-corrected chi connectivity index (χ2v) is 6.76. The van der Waals surface area contributed by atoms with Crippen LogP contribution in [0.5, 0.6) is 0 Å². The van der Waals surface area contributed by atoms with Gasteiger partial charge in [-0.25, -0.2) is 9.18 Å². The number of nitrogens with one attached hydrogen (secondary N) is 1. The summed E-state index contributed by atoms with van der Waals surface area (Å²) in [6.07, 6.45) is 1.24. The molecule has 0 amide bonds. The molecule has 0 spiro atoms. The van der Waals surface area contributed by atoms with Crippen LogP contribution in [0.3, 0.4) is 0 Å². The first-order valence-electron chi connectivity index (χ1n) is 9.08. The highest BCUT2D eigenvalue weighted by Crippen LogP contribution is 2.27. The SMILES string of the molecule is N#Cc1ccc(-n2cc(C(=O)O)c(=O)c3cc(F)c(N4CCNCC4)cc32)cc1. The standard InChI is InChI=1S/C21H17FN4O3/c22-17-9-15-18(10-19(17)25-7-5-24-6-8-25)26(12-16(20(15)27)21(28)29)14-3-1-13(11-23)2-4-14/h1-4,9-10,12,24H,5-8H2,(H,28,29). The van der Waals surface area contributed by atoms with Crippen LogP contribution >= 0.6 is 0 Å². The van der Waals surface area contributed by atoms with Gasteiger partial charge in [-0.1, -0.05) is 0 Å². The van der Waals surface area contributed by atoms with Gasteiger partial charge in [0.1, 0.15) is 11.4 Å². The van der Waals surface area contributed by atoms with Crippen LogP contribution < -0.4 is 15.6 Å². The van der Waals surface area contributed by atoms with Crippen molar-refractivity contribution in [3.05, 3.63) is 69.8 Å². The minimum atomic E-state index is -1.38. The van der Waals surface area contributed by atoms with Gasteiger partial charge in [0.05, 0.1) is 22.8 Å². The minimum Gasteiger partial charge on any atom is -0.477 e. The number of nitrogens with zero attached hydrogens (tertiary/aromatic N) is 3. The van der Waals surface area contributed by atoms with Crippen molar-refractivity contribution in [1.29, 1.82) is 5.26 Å². The molecule has 146 valence electrons. The van der Waals surface area contributed by atoms with Crippen LogP contribution in [0.1, 0.15) is 15.9 Å². The van der Waals surface area contributed by atoms with Gasteiger partial charge in [0.15, 0.2) is 0 Å². The van der Waals surface area contributed by atoms with Gasteiger partial charge in [0.25, 0.3) is 0 Å². The number of nitriles is 1. The molecule has 0 unspecified atom stereocenters. The lowest BCUT2D eigenvalue weighted by molar-refractivity contribution is 0.0695. The molecule has 1 fully saturated rings. The molecule has 1 aliphatic heterocycles. The van der Waals surface area contributed by atoms with E-state index in [4.69, 9.17) is 5.26 Å². The fourth-order valence-corrected chi connectivity index (χ4v) is 3.54. The van der Waals surface area contributed by atoms with E-state index in [1.54, 1.807) is 34.9 Å². The lowest BCUT2D eigenvalue weighted by Gasteiger charge is -2.30. The fourth-order valence-electron chi connectivity index (χ4n) is 3.54. The molecule has 4 rings (SSSR count). The van der Waals surface area contributed by atoms with Crippen LogP contribution in [-0.2, 0) is 0 Å². The highest BCUT2D eigenvalue weighted by molar-refractivity contribution is 5.94. The number of carboxylic acid groups (broad SMARTS) is 1. The molecular formula is C21H17FN4O3. The lowest BCUT2D eigenvalue weighted by Crippen LogP contribution is -2.43. The molecular weight excluding hydrogens is 375 g/mol. The Hall–Kier alpha value is -3.70. The molecule has 0 aliphatic carbocycles. The van der Waals surface area contributed by atoms with Crippen LogP contribution in [0.25, 0.3) is 16.6 Å². The fraction of sp³-hybridized carbons (Fsp3) is 0.190. The van der Waals surface area contributed by atoms with E-state index in [0.29, 0.717) is 35.5 Å². The van der Waals surface area contributed by atoms with E-state index < -0.39 is 22.8 Å². The van der Waals surface area contributed by atoms with Crippen molar-refractivity contribution in [2.75, 3.05) is 31.1 Å². The Balaban J connectivity index is 2.00. The van der Waals surface area contributed by atoms with Gasteiger partial charge in [0, 0.05) is 43.4 Å². The van der Waals surface area contributed by atoms with Crippen molar-refractivity contribution in [3.63, 3.8) is 0 Å². The van der Waals surface area contributed by atoms with Crippen LogP contribution in [-0.4, -0.2) is 41.8 Å². The number of piperazine rings is 1. The van der Waals surface area contributed by atoms with Crippen molar-refractivity contribution >= 4 is 22.6 Å². The third-order valence-corrected chi connectivity index (χ3v) is 5.03. The van der Waals surface area contributed by atoms with Crippen LogP contribution in [0, 0.1) is 17.1 Å². The van der Waals surface area contributed by atoms with Gasteiger partial charge in [0.2, 0.25) is 5.43 Å². The number of fused-ring (bicyclic) bond motifs is 1. The van der Waals surface area contributed by atoms with Gasteiger partial charge in [-0.3, -0.25) is 4.79 Å². The molecule has 0 saturated carbocycles. The molecule has 0 radical (unpaired) electrons. The van der Waals surface area contributed by atoms with E-state index in [-0.39, 0.29) is 5.39 Å². The smallest absolute Gasteiger partial charge is 0.341 e. The number of aromatic nitrogens is 1. The first-order valence-corrected chi connectivity index (χ1v) is 9.08. The van der Waals surface area contributed by atoms with Gasteiger partial charge < -0.3 is 19.9 Å². The number of halogens is 1. The summed E-state index contributed by atoms with van der Waals surface area (Å²) in [5, 5.41) is 21.6. The lowest BCUT2D eigenvalue weighted by atomic mass is 10.1. The Morgan fingerprint density at radius 2 is 1.86 bits per heavy atom. The monoisotopic (exact) mass is 392 g/mol. The number of rotatable bonds is 3. The second kappa shape index (κ2) is 7.37. The molecule has 8 heteroatoms. The molecule has 1 saturated heterocycles. The molecule has 0 atom stereocenters. The molecule has 1 aromatic heterocycles. The first-order chi connectivity index (χ1) is 14.0. The molecule has 1 aliphatic rings. The Bertz CT molecular complexity index is 1210. The topological polar surface area (TPSA) is 98.4 Å². The zero-order valence-corrected chi connectivity index (χ0v) is 15.4. The van der Waals surface area contributed by atoms with E-state index in [9.17, 15) is 19.1 Å². The van der Waals surface area contributed by atoms with Crippen LogP contribution in [0.2, 0.25) is 0 Å². The van der Waals surface area contributed by atoms with Gasteiger partial charge in [-0.15, -0.1) is 0 Å². The number of benzene rings is 2. The van der Waals surface area contributed by atoms with Crippen molar-refractivity contribution in [1.82, 2.24) is 9.88 Å². The summed E-state index contributed by atoms with van der Waals surface area (Å²) < 4.78 is 16.4. The Kier molecular flexibility index (Phi) is 4.74. The normalized spacial score (nSPS) is 14.0. The number of hydrogen-bond acceptors (Lipinski definition) is 5. The number of hydrogen-bond donors (Lipinski definition) is 2. The molecule has 29 heavy (non-hydrogen) atoms. The maximum Gasteiger partial charge on any atom is 0.341 e. The summed E-state index contributed by atoms with van der Waals surface area (Å²) >= 11 is 0. The molecule has 0 bridgehead atoms. The van der Waals surface area contributed by atoms with Gasteiger partial charge >= 0.3 is 5.97 Å². The first kappa shape index (κ1) is 18.7. The zero-order chi connectivity index (χ0) is 20.5. The van der Waals surface area contributed by atoms with Crippen molar-refractivity contribution in [2.45, 2.75) is 0 Å². The second-order valence-electron chi connectivity index (χ2n) is 6.76. The van der Waals surface area contributed by atoms with E-state index >= 15 is 0 Å². The number of anilines is 1. The Labute approximate surface area is 165 Å². The third kappa shape index (κ3) is 3.32. The van der Waals surface area contributed by atoms with E-state index in [2.05, 4.69) is 5.32 Å². The molecule has 2 aromatic carbocycles.